The van der Waals surface area contributed by atoms with Crippen LogP contribution in [0.5, 0.6) is 5.75 Å². The van der Waals surface area contributed by atoms with Crippen LogP contribution >= 0.6 is 11.8 Å². The Morgan fingerprint density at radius 2 is 1.88 bits per heavy atom. The zero-order valence-electron chi connectivity index (χ0n) is 17.8. The smallest absolute Gasteiger partial charge is 0.269 e. The number of carbonyl (C=O) groups is 1. The van der Waals surface area contributed by atoms with E-state index < -0.39 is 4.92 Å². The molecule has 0 aliphatic rings. The molecule has 0 fully saturated rings. The van der Waals surface area contributed by atoms with Crippen LogP contribution in [0.4, 0.5) is 5.69 Å². The number of non-ortho nitro benzene ring substituents is 1. The largest absolute Gasteiger partial charge is 0.497 e. The highest BCUT2D eigenvalue weighted by Crippen LogP contribution is 2.25. The number of ether oxygens (including phenoxy) is 1. The van der Waals surface area contributed by atoms with E-state index in [0.717, 1.165) is 11.3 Å². The molecule has 0 radical (unpaired) electrons. The molecule has 2 aromatic carbocycles. The Hall–Kier alpha value is -3.73. The molecule has 3 aromatic rings. The molecule has 166 valence electrons. The van der Waals surface area contributed by atoms with Crippen molar-refractivity contribution in [3.63, 3.8) is 0 Å². The van der Waals surface area contributed by atoms with Gasteiger partial charge in [-0.05, 0) is 55.8 Å². The third-order valence-corrected chi connectivity index (χ3v) is 5.52. The summed E-state index contributed by atoms with van der Waals surface area (Å²) in [5.41, 5.74) is 4.62. The lowest BCUT2D eigenvalue weighted by atomic mass is 10.1. The summed E-state index contributed by atoms with van der Waals surface area (Å²) in [4.78, 5) is 22.5. The van der Waals surface area contributed by atoms with Gasteiger partial charge in [-0.25, -0.2) is 5.43 Å². The monoisotopic (exact) mass is 454 g/mol. The number of amides is 1. The second kappa shape index (κ2) is 10.5. The number of hydrogen-bond donors (Lipinski definition) is 1. The number of methoxy groups -OCH3 is 1. The number of carbonyl (C=O) groups excluding carboxylic acids is 1. The lowest BCUT2D eigenvalue weighted by molar-refractivity contribution is -0.384. The number of nitro benzene ring substituents is 1. The first-order valence-electron chi connectivity index (χ1n) is 9.71. The van der Waals surface area contributed by atoms with Gasteiger partial charge in [0.05, 0.1) is 23.5 Å². The summed E-state index contributed by atoms with van der Waals surface area (Å²) in [5.74, 6) is 1.28. The second-order valence-electron chi connectivity index (χ2n) is 6.60. The van der Waals surface area contributed by atoms with Crippen molar-refractivity contribution in [1.82, 2.24) is 20.2 Å². The fraction of sp³-hybridized carbons (Fsp3) is 0.238. The molecule has 1 N–H and O–H groups in total. The van der Waals surface area contributed by atoms with Crippen LogP contribution in [0.3, 0.4) is 0 Å². The van der Waals surface area contributed by atoms with E-state index in [0.29, 0.717) is 28.8 Å². The van der Waals surface area contributed by atoms with Crippen LogP contribution < -0.4 is 10.2 Å². The number of nitrogens with zero attached hydrogens (tertiary/aromatic N) is 5. The highest BCUT2D eigenvalue weighted by Gasteiger charge is 2.15. The van der Waals surface area contributed by atoms with Crippen molar-refractivity contribution in [1.29, 1.82) is 0 Å². The van der Waals surface area contributed by atoms with E-state index in [1.807, 2.05) is 35.8 Å². The molecule has 0 aliphatic heterocycles. The third kappa shape index (κ3) is 5.49. The molecule has 0 spiro atoms. The average Bonchev–Trinajstić information content (AvgIpc) is 3.24. The van der Waals surface area contributed by atoms with E-state index in [9.17, 15) is 14.9 Å². The Balaban J connectivity index is 1.61. The first-order chi connectivity index (χ1) is 15.4. The standard InChI is InChI=1S/C21H22N6O4S/c1-4-26-20(16-7-11-18(31-3)12-8-16)24-25-21(26)32-13-19(28)23-22-14(2)15-5-9-17(10-6-15)27(29)30/h5-12H,4,13H2,1-3H3,(H,23,28)/b22-14-. The van der Waals surface area contributed by atoms with Crippen molar-refractivity contribution >= 4 is 29.1 Å². The summed E-state index contributed by atoms with van der Waals surface area (Å²) < 4.78 is 7.12. The maximum absolute atomic E-state index is 12.2. The molecular weight excluding hydrogens is 432 g/mol. The zero-order chi connectivity index (χ0) is 23.1. The summed E-state index contributed by atoms with van der Waals surface area (Å²) in [7, 11) is 1.61. The molecule has 10 nitrogen and oxygen atoms in total. The summed E-state index contributed by atoms with van der Waals surface area (Å²) in [6.45, 7) is 4.34. The number of rotatable bonds is 9. The first kappa shape index (κ1) is 22.9. The lowest BCUT2D eigenvalue weighted by Gasteiger charge is -2.08. The van der Waals surface area contributed by atoms with E-state index in [1.165, 1.54) is 23.9 Å². The molecule has 0 saturated carbocycles. The number of nitro groups is 1. The van der Waals surface area contributed by atoms with Crippen molar-refractivity contribution in [2.45, 2.75) is 25.5 Å². The number of hydrazone groups is 1. The Kier molecular flexibility index (Phi) is 7.55. The van der Waals surface area contributed by atoms with Crippen LogP contribution in [-0.4, -0.2) is 44.2 Å². The van der Waals surface area contributed by atoms with Crippen molar-refractivity contribution in [3.8, 4) is 17.1 Å². The molecule has 32 heavy (non-hydrogen) atoms. The normalized spacial score (nSPS) is 11.3. The fourth-order valence-corrected chi connectivity index (χ4v) is 3.63. The van der Waals surface area contributed by atoms with E-state index in [4.69, 9.17) is 4.74 Å². The topological polar surface area (TPSA) is 125 Å². The van der Waals surface area contributed by atoms with Gasteiger partial charge >= 0.3 is 0 Å². The molecule has 1 amide bonds. The summed E-state index contributed by atoms with van der Waals surface area (Å²) in [6.07, 6.45) is 0. The number of thioether (sulfide) groups is 1. The molecule has 0 aliphatic carbocycles. The lowest BCUT2D eigenvalue weighted by Crippen LogP contribution is -2.21. The fourth-order valence-electron chi connectivity index (χ4n) is 2.83. The average molecular weight is 455 g/mol. The van der Waals surface area contributed by atoms with Gasteiger partial charge in [0.2, 0.25) is 0 Å². The van der Waals surface area contributed by atoms with Crippen LogP contribution in [0.1, 0.15) is 19.4 Å². The number of nitrogens with one attached hydrogen (secondary N) is 1. The van der Waals surface area contributed by atoms with E-state index in [2.05, 4.69) is 20.7 Å². The minimum atomic E-state index is -0.468. The Morgan fingerprint density at radius 3 is 2.47 bits per heavy atom. The van der Waals surface area contributed by atoms with Crippen LogP contribution in [-0.2, 0) is 11.3 Å². The van der Waals surface area contributed by atoms with Crippen LogP contribution in [0.25, 0.3) is 11.4 Å². The van der Waals surface area contributed by atoms with Crippen LogP contribution in [0.15, 0.2) is 58.8 Å². The number of hydrogen-bond acceptors (Lipinski definition) is 8. The molecule has 0 unspecified atom stereocenters. The SMILES string of the molecule is CCn1c(SCC(=O)N/N=C(/C)c2ccc([N+](=O)[O-])cc2)nnc1-c1ccc(OC)cc1. The molecule has 1 heterocycles. The van der Waals surface area contributed by atoms with Gasteiger partial charge in [0, 0.05) is 24.2 Å². The van der Waals surface area contributed by atoms with E-state index >= 15 is 0 Å². The van der Waals surface area contributed by atoms with Crippen LogP contribution in [0, 0.1) is 10.1 Å². The first-order valence-corrected chi connectivity index (χ1v) is 10.7. The van der Waals surface area contributed by atoms with Crippen molar-refractivity contribution in [2.75, 3.05) is 12.9 Å². The van der Waals surface area contributed by atoms with Crippen molar-refractivity contribution in [3.05, 3.63) is 64.2 Å². The van der Waals surface area contributed by atoms with E-state index in [1.54, 1.807) is 26.2 Å². The van der Waals surface area contributed by atoms with Crippen LogP contribution in [0.2, 0.25) is 0 Å². The predicted molar refractivity (Wildman–Crippen MR) is 122 cm³/mol. The molecule has 0 saturated heterocycles. The maximum atomic E-state index is 12.2. The van der Waals surface area contributed by atoms with Gasteiger partial charge in [-0.1, -0.05) is 11.8 Å². The molecule has 11 heteroatoms. The second-order valence-corrected chi connectivity index (χ2v) is 7.55. The van der Waals surface area contributed by atoms with Crippen molar-refractivity contribution < 1.29 is 14.5 Å². The minimum Gasteiger partial charge on any atom is -0.497 e. The quantitative estimate of drug-likeness (QED) is 0.227. The van der Waals surface area contributed by atoms with E-state index in [-0.39, 0.29) is 17.3 Å². The number of benzene rings is 2. The zero-order valence-corrected chi connectivity index (χ0v) is 18.6. The van der Waals surface area contributed by atoms with Gasteiger partial charge < -0.3 is 9.30 Å². The molecule has 1 aromatic heterocycles. The Bertz CT molecular complexity index is 1130. The van der Waals surface area contributed by atoms with Gasteiger partial charge in [0.1, 0.15) is 5.75 Å². The summed E-state index contributed by atoms with van der Waals surface area (Å²) in [5, 5.41) is 23.9. The van der Waals surface area contributed by atoms with Crippen molar-refractivity contribution in [2.24, 2.45) is 5.10 Å². The maximum Gasteiger partial charge on any atom is 0.269 e. The summed E-state index contributed by atoms with van der Waals surface area (Å²) >= 11 is 1.26. The molecule has 0 atom stereocenters. The number of aromatic nitrogens is 3. The van der Waals surface area contributed by atoms with Gasteiger partial charge in [-0.3, -0.25) is 14.9 Å². The predicted octanol–water partition coefficient (Wildman–Crippen LogP) is 3.51. The molecule has 3 rings (SSSR count). The van der Waals surface area contributed by atoms with Gasteiger partial charge in [0.25, 0.3) is 11.6 Å². The molecular formula is C21H22N6O4S. The summed E-state index contributed by atoms with van der Waals surface area (Å²) in [6, 6.07) is 13.5. The molecule has 0 bridgehead atoms. The minimum absolute atomic E-state index is 0.00368. The Labute approximate surface area is 188 Å². The third-order valence-electron chi connectivity index (χ3n) is 4.56. The van der Waals surface area contributed by atoms with Gasteiger partial charge in [-0.2, -0.15) is 5.10 Å². The van der Waals surface area contributed by atoms with Gasteiger partial charge in [-0.15, -0.1) is 10.2 Å². The Morgan fingerprint density at radius 1 is 1.19 bits per heavy atom. The highest BCUT2D eigenvalue weighted by molar-refractivity contribution is 7.99. The highest BCUT2D eigenvalue weighted by atomic mass is 32.2. The van der Waals surface area contributed by atoms with Gasteiger partial charge in [0.15, 0.2) is 11.0 Å².